The summed E-state index contributed by atoms with van der Waals surface area (Å²) >= 11 is 0. The van der Waals surface area contributed by atoms with Gasteiger partial charge < -0.3 is 4.74 Å². The van der Waals surface area contributed by atoms with Gasteiger partial charge in [-0.25, -0.2) is 18.7 Å². The second-order valence-electron chi connectivity index (χ2n) is 8.65. The Labute approximate surface area is 193 Å². The van der Waals surface area contributed by atoms with Gasteiger partial charge in [-0.15, -0.1) is 0 Å². The van der Waals surface area contributed by atoms with E-state index in [1.165, 1.54) is 51.4 Å². The molecule has 0 aliphatic heterocycles. The largest absolute Gasteiger partial charge is 0.490 e. The summed E-state index contributed by atoms with van der Waals surface area (Å²) in [5, 5.41) is 0. The highest BCUT2D eigenvalue weighted by Gasteiger charge is 2.20. The molecule has 0 N–H and O–H groups in total. The van der Waals surface area contributed by atoms with Crippen molar-refractivity contribution in [2.24, 2.45) is 0 Å². The molecule has 5 heteroatoms. The maximum absolute atomic E-state index is 13.9. The lowest BCUT2D eigenvalue weighted by atomic mass is 10.1. The van der Waals surface area contributed by atoms with Gasteiger partial charge >= 0.3 is 0 Å². The van der Waals surface area contributed by atoms with Gasteiger partial charge in [0.25, 0.3) is 0 Å². The minimum absolute atomic E-state index is 0.242. The lowest BCUT2D eigenvalue weighted by molar-refractivity contribution is 0.102. The highest BCUT2D eigenvalue weighted by atomic mass is 19.2. The smallest absolute Gasteiger partial charge is 0.165 e. The maximum Gasteiger partial charge on any atom is 0.165 e. The van der Waals surface area contributed by atoms with E-state index in [1.54, 1.807) is 12.1 Å². The van der Waals surface area contributed by atoms with Crippen LogP contribution in [-0.4, -0.2) is 28.9 Å². The molecule has 0 aliphatic carbocycles. The van der Waals surface area contributed by atoms with Crippen molar-refractivity contribution >= 4 is 0 Å². The topological polar surface area (TPSA) is 35.0 Å². The van der Waals surface area contributed by atoms with Crippen LogP contribution in [0.3, 0.4) is 0 Å². The highest BCUT2D eigenvalue weighted by molar-refractivity contribution is 5.55. The molecule has 2 unspecified atom stereocenters. The van der Waals surface area contributed by atoms with Crippen LogP contribution in [0.4, 0.5) is 8.78 Å². The first-order chi connectivity index (χ1) is 15.6. The van der Waals surface area contributed by atoms with E-state index < -0.39 is 12.3 Å². The van der Waals surface area contributed by atoms with Gasteiger partial charge in [0.15, 0.2) is 12.0 Å². The van der Waals surface area contributed by atoms with Crippen molar-refractivity contribution in [2.45, 2.75) is 103 Å². The van der Waals surface area contributed by atoms with Crippen LogP contribution in [0.1, 0.15) is 90.0 Å². The summed E-state index contributed by atoms with van der Waals surface area (Å²) in [6.07, 6.45) is 14.0. The molecule has 0 bridgehead atoms. The SMILES string of the molecule is CCCCCCCCCCc1cnc(-c2ccc(OCC(F)C(F)CCCC)cc2)nc1. The molecule has 3 nitrogen and oxygen atoms in total. The van der Waals surface area contributed by atoms with Crippen LogP contribution < -0.4 is 4.74 Å². The first-order valence-corrected chi connectivity index (χ1v) is 12.5. The minimum Gasteiger partial charge on any atom is -0.490 e. The van der Waals surface area contributed by atoms with E-state index >= 15 is 0 Å². The molecular weight excluding hydrogens is 406 g/mol. The van der Waals surface area contributed by atoms with Gasteiger partial charge in [0.1, 0.15) is 18.5 Å². The Morgan fingerprint density at radius 1 is 0.750 bits per heavy atom. The molecule has 0 saturated carbocycles. The van der Waals surface area contributed by atoms with Gasteiger partial charge in [0.05, 0.1) is 0 Å². The molecule has 0 saturated heterocycles. The molecule has 1 aromatic carbocycles. The number of aryl methyl sites for hydroxylation is 1. The number of benzene rings is 1. The molecular formula is C27H40F2N2O. The summed E-state index contributed by atoms with van der Waals surface area (Å²) < 4.78 is 33.0. The minimum atomic E-state index is -1.60. The van der Waals surface area contributed by atoms with Crippen molar-refractivity contribution < 1.29 is 13.5 Å². The summed E-state index contributed by atoms with van der Waals surface area (Å²) in [5.41, 5.74) is 2.04. The zero-order valence-electron chi connectivity index (χ0n) is 19.9. The molecule has 0 spiro atoms. The lowest BCUT2D eigenvalue weighted by Gasteiger charge is -2.14. The molecule has 0 radical (unpaired) electrons. The summed E-state index contributed by atoms with van der Waals surface area (Å²) in [6, 6.07) is 7.19. The quantitative estimate of drug-likeness (QED) is 0.230. The predicted molar refractivity (Wildman–Crippen MR) is 129 cm³/mol. The third-order valence-electron chi connectivity index (χ3n) is 5.77. The predicted octanol–water partition coefficient (Wildman–Crippen LogP) is 8.07. The van der Waals surface area contributed by atoms with Crippen LogP contribution in [0.15, 0.2) is 36.7 Å². The van der Waals surface area contributed by atoms with Crippen molar-refractivity contribution in [2.75, 3.05) is 6.61 Å². The molecule has 2 rings (SSSR count). The highest BCUT2D eigenvalue weighted by Crippen LogP contribution is 2.21. The Bertz CT molecular complexity index is 721. The Morgan fingerprint density at radius 3 is 1.97 bits per heavy atom. The van der Waals surface area contributed by atoms with Crippen LogP contribution in [0.25, 0.3) is 11.4 Å². The van der Waals surface area contributed by atoms with Crippen molar-refractivity contribution in [1.82, 2.24) is 9.97 Å². The summed E-state index contributed by atoms with van der Waals surface area (Å²) in [7, 11) is 0. The molecule has 2 atom stereocenters. The molecule has 0 fully saturated rings. The number of aromatic nitrogens is 2. The van der Waals surface area contributed by atoms with Gasteiger partial charge in [-0.2, -0.15) is 0 Å². The average molecular weight is 447 g/mol. The first kappa shape index (κ1) is 26.2. The van der Waals surface area contributed by atoms with Gasteiger partial charge in [0, 0.05) is 18.0 Å². The maximum atomic E-state index is 13.9. The summed E-state index contributed by atoms with van der Waals surface area (Å²) in [5.74, 6) is 1.17. The molecule has 0 amide bonds. The Hall–Kier alpha value is -2.04. The third-order valence-corrected chi connectivity index (χ3v) is 5.77. The second-order valence-corrected chi connectivity index (χ2v) is 8.65. The fraction of sp³-hybridized carbons (Fsp3) is 0.630. The first-order valence-electron chi connectivity index (χ1n) is 12.5. The molecule has 178 valence electrons. The Kier molecular flexibility index (Phi) is 12.9. The second kappa shape index (κ2) is 15.7. The summed E-state index contributed by atoms with van der Waals surface area (Å²) in [4.78, 5) is 8.98. The Balaban J connectivity index is 1.71. The lowest BCUT2D eigenvalue weighted by Crippen LogP contribution is -2.24. The fourth-order valence-electron chi connectivity index (χ4n) is 3.66. The molecule has 0 aliphatic rings. The van der Waals surface area contributed by atoms with Crippen LogP contribution >= 0.6 is 0 Å². The number of rotatable bonds is 17. The zero-order chi connectivity index (χ0) is 23.0. The van der Waals surface area contributed by atoms with E-state index in [1.807, 2.05) is 31.5 Å². The van der Waals surface area contributed by atoms with E-state index in [4.69, 9.17) is 4.74 Å². The van der Waals surface area contributed by atoms with Crippen molar-refractivity contribution in [3.8, 4) is 17.1 Å². The average Bonchev–Trinajstić information content (AvgIpc) is 2.83. The van der Waals surface area contributed by atoms with E-state index in [0.29, 0.717) is 18.0 Å². The number of unbranched alkanes of at least 4 members (excludes halogenated alkanes) is 8. The van der Waals surface area contributed by atoms with Gasteiger partial charge in [0.2, 0.25) is 0 Å². The normalized spacial score (nSPS) is 13.1. The number of hydrogen-bond acceptors (Lipinski definition) is 3. The van der Waals surface area contributed by atoms with Gasteiger partial charge in [-0.1, -0.05) is 71.6 Å². The zero-order valence-corrected chi connectivity index (χ0v) is 19.9. The number of hydrogen-bond donors (Lipinski definition) is 0. The van der Waals surface area contributed by atoms with Crippen molar-refractivity contribution in [1.29, 1.82) is 0 Å². The third kappa shape index (κ3) is 10.1. The van der Waals surface area contributed by atoms with E-state index in [0.717, 1.165) is 24.0 Å². The van der Waals surface area contributed by atoms with Crippen molar-refractivity contribution in [3.63, 3.8) is 0 Å². The molecule has 32 heavy (non-hydrogen) atoms. The summed E-state index contributed by atoms with van der Waals surface area (Å²) in [6.45, 7) is 3.94. The fourth-order valence-corrected chi connectivity index (χ4v) is 3.66. The number of alkyl halides is 2. The van der Waals surface area contributed by atoms with Gasteiger partial charge in [-0.3, -0.25) is 0 Å². The number of ether oxygens (including phenoxy) is 1. The molecule has 1 heterocycles. The molecule has 2 aromatic rings. The van der Waals surface area contributed by atoms with Crippen LogP contribution in [0.5, 0.6) is 5.75 Å². The number of halogens is 2. The van der Waals surface area contributed by atoms with E-state index in [-0.39, 0.29) is 13.0 Å². The van der Waals surface area contributed by atoms with E-state index in [2.05, 4.69) is 16.9 Å². The van der Waals surface area contributed by atoms with Crippen molar-refractivity contribution in [3.05, 3.63) is 42.2 Å². The van der Waals surface area contributed by atoms with E-state index in [9.17, 15) is 8.78 Å². The Morgan fingerprint density at radius 2 is 1.34 bits per heavy atom. The van der Waals surface area contributed by atoms with Crippen LogP contribution in [0.2, 0.25) is 0 Å². The number of nitrogens with zero attached hydrogens (tertiary/aromatic N) is 2. The van der Waals surface area contributed by atoms with Crippen LogP contribution in [-0.2, 0) is 6.42 Å². The standard InChI is InChI=1S/C27H40F2N2O/c1-3-5-7-8-9-10-11-12-13-22-19-30-27(31-20-22)23-15-17-24(18-16-23)32-21-26(29)25(28)14-6-4-2/h15-20,25-26H,3-14,21H2,1-2H3. The monoisotopic (exact) mass is 446 g/mol. The van der Waals surface area contributed by atoms with Gasteiger partial charge in [-0.05, 0) is 49.1 Å². The molecule has 1 aromatic heterocycles. The van der Waals surface area contributed by atoms with Crippen LogP contribution in [0, 0.1) is 0 Å².